The Hall–Kier alpha value is -1.83. The van der Waals surface area contributed by atoms with E-state index in [1.165, 1.54) is 18.3 Å². The van der Waals surface area contributed by atoms with Crippen LogP contribution in [0.15, 0.2) is 18.3 Å². The van der Waals surface area contributed by atoms with Crippen LogP contribution < -0.4 is 5.32 Å². The predicted molar refractivity (Wildman–Crippen MR) is 68.6 cm³/mol. The highest BCUT2D eigenvalue weighted by molar-refractivity contribution is 6.29. The molecule has 1 aromatic heterocycles. The van der Waals surface area contributed by atoms with Crippen LogP contribution in [-0.4, -0.2) is 41.0 Å². The van der Waals surface area contributed by atoms with E-state index >= 15 is 0 Å². The van der Waals surface area contributed by atoms with Gasteiger partial charge in [0.15, 0.2) is 0 Å². The van der Waals surface area contributed by atoms with E-state index in [0.29, 0.717) is 10.6 Å². The van der Waals surface area contributed by atoms with Gasteiger partial charge in [-0.3, -0.25) is 9.59 Å². The molecule has 1 N–H and O–H groups in total. The molecule has 1 aromatic rings. The van der Waals surface area contributed by atoms with Gasteiger partial charge in [-0.2, -0.15) is 13.2 Å². The fraction of sp³-hybridized carbons (Fsp3) is 0.417. The second-order valence-electron chi connectivity index (χ2n) is 4.65. The Morgan fingerprint density at radius 1 is 1.48 bits per heavy atom. The van der Waals surface area contributed by atoms with Gasteiger partial charge in [0.05, 0.1) is 17.8 Å². The zero-order chi connectivity index (χ0) is 15.6. The van der Waals surface area contributed by atoms with Crippen molar-refractivity contribution in [3.8, 4) is 0 Å². The number of hydrogen-bond acceptors (Lipinski definition) is 3. The summed E-state index contributed by atoms with van der Waals surface area (Å²) >= 11 is 5.59. The van der Waals surface area contributed by atoms with Gasteiger partial charge in [-0.25, -0.2) is 4.98 Å². The van der Waals surface area contributed by atoms with Gasteiger partial charge in [0.2, 0.25) is 11.8 Å². The van der Waals surface area contributed by atoms with Crippen molar-refractivity contribution in [3.63, 3.8) is 0 Å². The van der Waals surface area contributed by atoms with Crippen LogP contribution in [0, 0.1) is 5.92 Å². The lowest BCUT2D eigenvalue weighted by Crippen LogP contribution is -2.36. The predicted octanol–water partition coefficient (Wildman–Crippen LogP) is 2.08. The fourth-order valence-corrected chi connectivity index (χ4v) is 2.12. The molecule has 1 atom stereocenters. The number of rotatable bonds is 3. The Bertz CT molecular complexity index is 548. The van der Waals surface area contributed by atoms with Gasteiger partial charge >= 0.3 is 6.18 Å². The summed E-state index contributed by atoms with van der Waals surface area (Å²) in [5.74, 6) is -2.01. The van der Waals surface area contributed by atoms with E-state index < -0.39 is 30.5 Å². The molecule has 0 aliphatic carbocycles. The molecular weight excluding hydrogens is 311 g/mol. The van der Waals surface area contributed by atoms with Crippen molar-refractivity contribution in [2.24, 2.45) is 5.92 Å². The van der Waals surface area contributed by atoms with Crippen LogP contribution >= 0.6 is 11.6 Å². The van der Waals surface area contributed by atoms with Crippen molar-refractivity contribution >= 4 is 29.1 Å². The summed E-state index contributed by atoms with van der Waals surface area (Å²) in [5, 5.41) is 2.75. The number of halogens is 4. The molecule has 2 heterocycles. The van der Waals surface area contributed by atoms with Gasteiger partial charge in [0.1, 0.15) is 11.7 Å². The van der Waals surface area contributed by atoms with Crippen LogP contribution in [0.25, 0.3) is 0 Å². The van der Waals surface area contributed by atoms with Crippen molar-refractivity contribution in [1.82, 2.24) is 9.88 Å². The maximum Gasteiger partial charge on any atom is 0.406 e. The van der Waals surface area contributed by atoms with Crippen LogP contribution in [0.1, 0.15) is 6.42 Å². The Morgan fingerprint density at radius 2 is 2.19 bits per heavy atom. The number of likely N-dealkylation sites (tertiary alicyclic amines) is 1. The molecule has 1 saturated heterocycles. The number of amides is 2. The van der Waals surface area contributed by atoms with Gasteiger partial charge in [0, 0.05) is 13.0 Å². The number of nitrogens with zero attached hydrogens (tertiary/aromatic N) is 2. The highest BCUT2D eigenvalue weighted by Crippen LogP contribution is 2.24. The van der Waals surface area contributed by atoms with Crippen LogP contribution in [0.4, 0.5) is 18.9 Å². The number of nitrogens with one attached hydrogen (secondary N) is 1. The lowest BCUT2D eigenvalue weighted by molar-refractivity contribution is -0.157. The first-order valence-corrected chi connectivity index (χ1v) is 6.39. The zero-order valence-corrected chi connectivity index (χ0v) is 11.4. The normalized spacial score (nSPS) is 19.0. The number of pyridine rings is 1. The third-order valence-corrected chi connectivity index (χ3v) is 3.17. The highest BCUT2D eigenvalue weighted by Gasteiger charge is 2.40. The summed E-state index contributed by atoms with van der Waals surface area (Å²) in [5.41, 5.74) is 0.367. The number of anilines is 1. The monoisotopic (exact) mass is 321 g/mol. The average molecular weight is 322 g/mol. The smallest absolute Gasteiger partial charge is 0.333 e. The molecule has 114 valence electrons. The van der Waals surface area contributed by atoms with E-state index in [0.717, 1.165) is 0 Å². The van der Waals surface area contributed by atoms with Crippen LogP contribution in [-0.2, 0) is 9.59 Å². The molecule has 0 spiro atoms. The molecule has 0 saturated carbocycles. The van der Waals surface area contributed by atoms with Gasteiger partial charge < -0.3 is 10.2 Å². The first kappa shape index (κ1) is 15.6. The first-order chi connectivity index (χ1) is 9.74. The molecule has 1 unspecified atom stereocenters. The van der Waals surface area contributed by atoms with Gasteiger partial charge in [-0.15, -0.1) is 0 Å². The summed E-state index contributed by atoms with van der Waals surface area (Å²) in [6.45, 7) is -1.58. The SMILES string of the molecule is O=C(Nc1ccc(Cl)nc1)C1CC(=O)N(CC(F)(F)F)C1. The van der Waals surface area contributed by atoms with Crippen LogP contribution in [0.3, 0.4) is 0 Å². The Labute approximate surface area is 123 Å². The molecule has 5 nitrogen and oxygen atoms in total. The molecule has 2 rings (SSSR count). The summed E-state index contributed by atoms with van der Waals surface area (Å²) in [4.78, 5) is 27.8. The van der Waals surface area contributed by atoms with Gasteiger partial charge in [-0.1, -0.05) is 11.6 Å². The Balaban J connectivity index is 1.95. The van der Waals surface area contributed by atoms with Crippen molar-refractivity contribution in [2.75, 3.05) is 18.4 Å². The Kier molecular flexibility index (Phi) is 4.36. The summed E-state index contributed by atoms with van der Waals surface area (Å²) < 4.78 is 36.8. The molecular formula is C12H11ClF3N3O2. The summed E-state index contributed by atoms with van der Waals surface area (Å²) in [7, 11) is 0. The van der Waals surface area contributed by atoms with Crippen molar-refractivity contribution < 1.29 is 22.8 Å². The molecule has 1 aliphatic heterocycles. The maximum atomic E-state index is 12.3. The molecule has 9 heteroatoms. The van der Waals surface area contributed by atoms with E-state index in [1.807, 2.05) is 0 Å². The zero-order valence-electron chi connectivity index (χ0n) is 10.7. The second-order valence-corrected chi connectivity index (χ2v) is 5.04. The number of carbonyl (C=O) groups is 2. The minimum absolute atomic E-state index is 0.233. The van der Waals surface area contributed by atoms with E-state index in [9.17, 15) is 22.8 Å². The highest BCUT2D eigenvalue weighted by atomic mass is 35.5. The number of alkyl halides is 3. The number of aromatic nitrogens is 1. The lowest BCUT2D eigenvalue weighted by Gasteiger charge is -2.18. The molecule has 0 bridgehead atoms. The first-order valence-electron chi connectivity index (χ1n) is 6.01. The molecule has 1 aliphatic rings. The van der Waals surface area contributed by atoms with Crippen molar-refractivity contribution in [2.45, 2.75) is 12.6 Å². The van der Waals surface area contributed by atoms with E-state index in [1.54, 1.807) is 0 Å². The summed E-state index contributed by atoms with van der Waals surface area (Å²) in [6.07, 6.45) is -3.38. The molecule has 0 radical (unpaired) electrons. The molecule has 0 aromatic carbocycles. The average Bonchev–Trinajstić information content (AvgIpc) is 2.72. The van der Waals surface area contributed by atoms with Crippen molar-refractivity contribution in [3.05, 3.63) is 23.5 Å². The van der Waals surface area contributed by atoms with Crippen LogP contribution in [0.2, 0.25) is 5.15 Å². The number of hydrogen-bond donors (Lipinski definition) is 1. The van der Waals surface area contributed by atoms with Gasteiger partial charge in [0.25, 0.3) is 0 Å². The number of carbonyl (C=O) groups excluding carboxylic acids is 2. The third-order valence-electron chi connectivity index (χ3n) is 2.95. The van der Waals surface area contributed by atoms with E-state index in [-0.39, 0.29) is 18.1 Å². The summed E-state index contributed by atoms with van der Waals surface area (Å²) in [6, 6.07) is 2.98. The third kappa shape index (κ3) is 4.32. The van der Waals surface area contributed by atoms with E-state index in [2.05, 4.69) is 10.3 Å². The van der Waals surface area contributed by atoms with E-state index in [4.69, 9.17) is 11.6 Å². The molecule has 2 amide bonds. The standard InChI is InChI=1S/C12H11ClF3N3O2/c13-9-2-1-8(4-17-9)18-11(21)7-3-10(20)19(5-7)6-12(14,15)16/h1-2,4,7H,3,5-6H2,(H,18,21). The minimum atomic E-state index is -4.47. The van der Waals surface area contributed by atoms with Crippen molar-refractivity contribution in [1.29, 1.82) is 0 Å². The van der Waals surface area contributed by atoms with Crippen LogP contribution in [0.5, 0.6) is 0 Å². The fourth-order valence-electron chi connectivity index (χ4n) is 2.01. The topological polar surface area (TPSA) is 62.3 Å². The lowest BCUT2D eigenvalue weighted by atomic mass is 10.1. The minimum Gasteiger partial charge on any atom is -0.333 e. The van der Waals surface area contributed by atoms with Gasteiger partial charge in [-0.05, 0) is 12.1 Å². The quantitative estimate of drug-likeness (QED) is 0.867. The second kappa shape index (κ2) is 5.88. The maximum absolute atomic E-state index is 12.3. The Morgan fingerprint density at radius 3 is 2.76 bits per heavy atom. The molecule has 21 heavy (non-hydrogen) atoms. The molecule has 1 fully saturated rings. The largest absolute Gasteiger partial charge is 0.406 e.